The SMILES string of the molecule is CN1C(=CC(=O)c2cccc3ccccc23)Oc2ccc(Cl)cc21.c1ccc2ncccc2c1. The average Bonchev–Trinajstić information content (AvgIpc) is 3.18. The number of fused-ring (bicyclic) bond motifs is 3. The van der Waals surface area contributed by atoms with Gasteiger partial charge in [0.15, 0.2) is 11.5 Å². The van der Waals surface area contributed by atoms with Crippen LogP contribution in [0.5, 0.6) is 5.75 Å². The van der Waals surface area contributed by atoms with Crippen LogP contribution in [0.25, 0.3) is 21.7 Å². The Hall–Kier alpha value is -4.15. The predicted octanol–water partition coefficient (Wildman–Crippen LogP) is 7.28. The Bertz CT molecular complexity index is 1470. The van der Waals surface area contributed by atoms with Gasteiger partial charge in [0, 0.05) is 35.3 Å². The molecule has 4 aromatic carbocycles. The smallest absolute Gasteiger partial charge is 0.204 e. The van der Waals surface area contributed by atoms with Crippen LogP contribution in [0.15, 0.2) is 115 Å². The van der Waals surface area contributed by atoms with Gasteiger partial charge in [-0.2, -0.15) is 0 Å². The summed E-state index contributed by atoms with van der Waals surface area (Å²) in [5.41, 5.74) is 2.57. The highest BCUT2D eigenvalue weighted by Gasteiger charge is 2.24. The molecule has 166 valence electrons. The van der Waals surface area contributed by atoms with E-state index in [4.69, 9.17) is 16.3 Å². The van der Waals surface area contributed by atoms with Gasteiger partial charge < -0.3 is 9.64 Å². The molecule has 0 bridgehead atoms. The quantitative estimate of drug-likeness (QED) is 0.203. The summed E-state index contributed by atoms with van der Waals surface area (Å²) in [5.74, 6) is 1.09. The van der Waals surface area contributed by atoms with Crippen molar-refractivity contribution in [1.82, 2.24) is 4.98 Å². The van der Waals surface area contributed by atoms with Crippen molar-refractivity contribution in [3.8, 4) is 5.75 Å². The van der Waals surface area contributed by atoms with E-state index in [1.165, 1.54) is 11.5 Å². The van der Waals surface area contributed by atoms with Crippen molar-refractivity contribution in [3.63, 3.8) is 0 Å². The van der Waals surface area contributed by atoms with Gasteiger partial charge in [0.2, 0.25) is 5.88 Å². The third kappa shape index (κ3) is 4.36. The maximum absolute atomic E-state index is 12.8. The van der Waals surface area contributed by atoms with Crippen molar-refractivity contribution in [2.45, 2.75) is 0 Å². The van der Waals surface area contributed by atoms with Crippen LogP contribution in [0.1, 0.15) is 10.4 Å². The van der Waals surface area contributed by atoms with Crippen LogP contribution in [-0.4, -0.2) is 17.8 Å². The molecule has 0 radical (unpaired) electrons. The predicted molar refractivity (Wildman–Crippen MR) is 139 cm³/mol. The van der Waals surface area contributed by atoms with Crippen LogP contribution < -0.4 is 9.64 Å². The molecule has 1 aromatic heterocycles. The minimum atomic E-state index is -0.0902. The highest BCUT2D eigenvalue weighted by molar-refractivity contribution is 6.31. The van der Waals surface area contributed by atoms with E-state index in [0.717, 1.165) is 22.0 Å². The van der Waals surface area contributed by atoms with Crippen LogP contribution >= 0.6 is 11.6 Å². The number of hydrogen-bond donors (Lipinski definition) is 0. The minimum absolute atomic E-state index is 0.0902. The number of ketones is 1. The van der Waals surface area contributed by atoms with Crippen LogP contribution in [0.3, 0.4) is 0 Å². The van der Waals surface area contributed by atoms with E-state index in [-0.39, 0.29) is 5.78 Å². The summed E-state index contributed by atoms with van der Waals surface area (Å²) in [4.78, 5) is 18.8. The fourth-order valence-corrected chi connectivity index (χ4v) is 4.08. The number of carbonyl (C=O) groups is 1. The van der Waals surface area contributed by atoms with Gasteiger partial charge in [-0.25, -0.2) is 0 Å². The molecule has 0 atom stereocenters. The standard InChI is InChI=1S/C20H14ClNO2.C9H7N/c1-22-17-11-14(21)9-10-19(17)24-20(22)12-18(23)16-8-4-6-13-5-2-3-7-15(13)16;1-2-6-9-8(4-1)5-3-7-10-9/h2-12H,1H3;1-7H. The molecule has 2 heterocycles. The van der Waals surface area contributed by atoms with Crippen LogP contribution in [0.2, 0.25) is 5.02 Å². The number of halogens is 1. The number of carbonyl (C=O) groups excluding carboxylic acids is 1. The molecule has 0 spiro atoms. The first kappa shape index (κ1) is 21.7. The van der Waals surface area contributed by atoms with Gasteiger partial charge in [0.25, 0.3) is 0 Å². The number of allylic oxidation sites excluding steroid dienone is 1. The monoisotopic (exact) mass is 464 g/mol. The Morgan fingerprint density at radius 2 is 1.62 bits per heavy atom. The Morgan fingerprint density at radius 3 is 2.47 bits per heavy atom. The van der Waals surface area contributed by atoms with Gasteiger partial charge in [0.05, 0.1) is 11.2 Å². The normalized spacial score (nSPS) is 13.4. The van der Waals surface area contributed by atoms with Crippen LogP contribution in [0, 0.1) is 0 Å². The zero-order chi connectivity index (χ0) is 23.5. The van der Waals surface area contributed by atoms with Crippen molar-refractivity contribution >= 4 is 44.7 Å². The Kier molecular flexibility index (Phi) is 5.98. The number of aromatic nitrogens is 1. The van der Waals surface area contributed by atoms with E-state index >= 15 is 0 Å². The second-order valence-electron chi connectivity index (χ2n) is 7.84. The molecular formula is C29H21ClN2O2. The molecule has 34 heavy (non-hydrogen) atoms. The third-order valence-electron chi connectivity index (χ3n) is 5.65. The first-order valence-corrected chi connectivity index (χ1v) is 11.2. The highest BCUT2D eigenvalue weighted by Crippen LogP contribution is 2.39. The number of benzene rings is 4. The van der Waals surface area contributed by atoms with Crippen molar-refractivity contribution in [3.05, 3.63) is 126 Å². The lowest BCUT2D eigenvalue weighted by Crippen LogP contribution is -2.15. The third-order valence-corrected chi connectivity index (χ3v) is 5.88. The largest absolute Gasteiger partial charge is 0.438 e. The lowest BCUT2D eigenvalue weighted by molar-refractivity contribution is 0.104. The van der Waals surface area contributed by atoms with Crippen molar-refractivity contribution in [2.75, 3.05) is 11.9 Å². The van der Waals surface area contributed by atoms with Crippen molar-refractivity contribution < 1.29 is 9.53 Å². The van der Waals surface area contributed by atoms with Crippen molar-refractivity contribution in [2.24, 2.45) is 0 Å². The lowest BCUT2D eigenvalue weighted by Gasteiger charge is -2.11. The van der Waals surface area contributed by atoms with E-state index in [9.17, 15) is 4.79 Å². The number of nitrogens with zero attached hydrogens (tertiary/aromatic N) is 2. The first-order valence-electron chi connectivity index (χ1n) is 10.8. The minimum Gasteiger partial charge on any atom is -0.438 e. The van der Waals surface area contributed by atoms with Gasteiger partial charge in [-0.05, 0) is 41.1 Å². The van der Waals surface area contributed by atoms with Crippen LogP contribution in [0.4, 0.5) is 5.69 Å². The average molecular weight is 465 g/mol. The van der Waals surface area contributed by atoms with E-state index in [1.54, 1.807) is 12.1 Å². The topological polar surface area (TPSA) is 42.4 Å². The molecule has 1 aliphatic rings. The zero-order valence-electron chi connectivity index (χ0n) is 18.5. The summed E-state index contributed by atoms with van der Waals surface area (Å²) in [6, 6.07) is 31.0. The summed E-state index contributed by atoms with van der Waals surface area (Å²) < 4.78 is 5.79. The fourth-order valence-electron chi connectivity index (χ4n) is 3.91. The van der Waals surface area contributed by atoms with E-state index in [1.807, 2.05) is 90.9 Å². The summed E-state index contributed by atoms with van der Waals surface area (Å²) in [5, 5.41) is 3.80. The molecule has 5 aromatic rings. The maximum atomic E-state index is 12.8. The summed E-state index contributed by atoms with van der Waals surface area (Å²) in [6.07, 6.45) is 3.33. The Labute approximate surface area is 202 Å². The molecule has 0 aliphatic carbocycles. The van der Waals surface area contributed by atoms with E-state index < -0.39 is 0 Å². The van der Waals surface area contributed by atoms with Crippen molar-refractivity contribution in [1.29, 1.82) is 0 Å². The molecule has 0 fully saturated rings. The molecule has 0 amide bonds. The molecular weight excluding hydrogens is 444 g/mol. The molecule has 4 nitrogen and oxygen atoms in total. The molecule has 1 aliphatic heterocycles. The molecule has 0 N–H and O–H groups in total. The summed E-state index contributed by atoms with van der Waals surface area (Å²) in [6.45, 7) is 0. The number of anilines is 1. The molecule has 6 rings (SSSR count). The molecule has 0 saturated carbocycles. The van der Waals surface area contributed by atoms with E-state index in [2.05, 4.69) is 17.1 Å². The lowest BCUT2D eigenvalue weighted by atomic mass is 10.0. The molecule has 0 unspecified atom stereocenters. The Balaban J connectivity index is 0.000000200. The zero-order valence-corrected chi connectivity index (χ0v) is 19.2. The van der Waals surface area contributed by atoms with Gasteiger partial charge in [0.1, 0.15) is 0 Å². The number of ether oxygens (including phenoxy) is 1. The van der Waals surface area contributed by atoms with Gasteiger partial charge in [-0.3, -0.25) is 9.78 Å². The van der Waals surface area contributed by atoms with Gasteiger partial charge in [-0.15, -0.1) is 0 Å². The highest BCUT2D eigenvalue weighted by atomic mass is 35.5. The van der Waals surface area contributed by atoms with Gasteiger partial charge in [-0.1, -0.05) is 78.3 Å². The van der Waals surface area contributed by atoms with E-state index in [0.29, 0.717) is 22.2 Å². The summed E-state index contributed by atoms with van der Waals surface area (Å²) >= 11 is 6.03. The Morgan fingerprint density at radius 1 is 0.882 bits per heavy atom. The molecule has 5 heteroatoms. The van der Waals surface area contributed by atoms with Crippen LogP contribution in [-0.2, 0) is 0 Å². The number of pyridine rings is 1. The fraction of sp³-hybridized carbons (Fsp3) is 0.0345. The van der Waals surface area contributed by atoms with Gasteiger partial charge >= 0.3 is 0 Å². The number of rotatable bonds is 2. The second-order valence-corrected chi connectivity index (χ2v) is 8.28. The second kappa shape index (κ2) is 9.38. The maximum Gasteiger partial charge on any atom is 0.204 e. The summed E-state index contributed by atoms with van der Waals surface area (Å²) in [7, 11) is 1.85. The first-order chi connectivity index (χ1) is 16.6. The number of para-hydroxylation sites is 1. The molecule has 0 saturated heterocycles. The number of hydrogen-bond acceptors (Lipinski definition) is 4.